The Bertz CT molecular complexity index is 2030. The first-order chi connectivity index (χ1) is 31.5. The minimum Gasteiger partial charge on any atom is -0.481 e. The third kappa shape index (κ3) is 7.82. The van der Waals surface area contributed by atoms with Crippen LogP contribution in [-0.4, -0.2) is 173 Å². The summed E-state index contributed by atoms with van der Waals surface area (Å²) in [6.07, 6.45) is -21.9. The van der Waals surface area contributed by atoms with E-state index in [1.807, 2.05) is 26.8 Å². The highest BCUT2D eigenvalue weighted by Crippen LogP contribution is 2.75. The predicted molar refractivity (Wildman–Crippen MR) is 231 cm³/mol. The van der Waals surface area contributed by atoms with Gasteiger partial charge >= 0.3 is 17.9 Å². The van der Waals surface area contributed by atoms with E-state index in [0.29, 0.717) is 38.5 Å². The molecule has 3 saturated heterocycles. The van der Waals surface area contributed by atoms with Crippen LogP contribution in [0.3, 0.4) is 0 Å². The first-order valence-electron chi connectivity index (χ1n) is 24.1. The minimum absolute atomic E-state index is 0.0298. The largest absolute Gasteiger partial charge is 0.481 e. The summed E-state index contributed by atoms with van der Waals surface area (Å²) in [6.45, 7) is 16.1. The second-order valence-corrected chi connectivity index (χ2v) is 23.4. The highest BCUT2D eigenvalue weighted by atomic mass is 16.8. The Balaban J connectivity index is 1.08. The molecule has 3 heterocycles. The summed E-state index contributed by atoms with van der Waals surface area (Å²) < 4.78 is 35.6. The van der Waals surface area contributed by atoms with Crippen molar-refractivity contribution in [3.05, 3.63) is 11.6 Å². The van der Waals surface area contributed by atoms with Gasteiger partial charge in [0.2, 0.25) is 0 Å². The molecule has 384 valence electrons. The molecule has 4 saturated carbocycles. The molecule has 0 spiro atoms. The third-order valence-corrected chi connectivity index (χ3v) is 19.3. The van der Waals surface area contributed by atoms with Crippen molar-refractivity contribution in [2.24, 2.45) is 50.2 Å². The van der Waals surface area contributed by atoms with Crippen molar-refractivity contribution >= 4 is 23.7 Å². The van der Waals surface area contributed by atoms with Crippen LogP contribution in [-0.2, 0) is 47.6 Å². The molecule has 5 aliphatic carbocycles. The number of aliphatic hydroxyl groups excluding tert-OH is 7. The number of ether oxygens (including phenoxy) is 6. The molecule has 0 radical (unpaired) electrons. The van der Waals surface area contributed by atoms with Crippen LogP contribution < -0.4 is 0 Å². The van der Waals surface area contributed by atoms with E-state index in [0.717, 1.165) is 24.8 Å². The molecule has 68 heavy (non-hydrogen) atoms. The maximum Gasteiger partial charge on any atom is 0.335 e. The number of fused-ring (bicyclic) bond motifs is 7. The molecule has 0 amide bonds. The molecule has 0 unspecified atom stereocenters. The van der Waals surface area contributed by atoms with E-state index < -0.39 is 144 Å². The fourth-order valence-corrected chi connectivity index (χ4v) is 14.8. The Morgan fingerprint density at radius 2 is 1.16 bits per heavy atom. The SMILES string of the molecule is C[C@@H]1O[C@@H](O[C@H]2[C@H](O[C@H]3[C@@H](O[C@H]4CC[C@]5(C)[C@H]6C(=O)C=C7[C@@H]8C[C@@](C)(C(=O)O)CC[C@]8(C)CC[C@@]7(C)[C@]6(C)CC[C@H]5C4(C)C)O[C@H](C(=O)O)[C@@H](O)[C@@H]3O)O[C@H](C(=O)O)[C@@H](O)[C@@H]2O)[C@H](O)[C@H](O)[C@H]1O. The smallest absolute Gasteiger partial charge is 0.335 e. The Morgan fingerprint density at radius 3 is 1.72 bits per heavy atom. The maximum absolute atomic E-state index is 15.0. The van der Waals surface area contributed by atoms with Crippen molar-refractivity contribution < 1.29 is 98.7 Å². The average molecular weight is 969 g/mol. The molecule has 20 heteroatoms. The van der Waals surface area contributed by atoms with Crippen LogP contribution >= 0.6 is 0 Å². The van der Waals surface area contributed by atoms with Gasteiger partial charge in [0.15, 0.2) is 36.9 Å². The number of rotatable bonds is 9. The third-order valence-electron chi connectivity index (χ3n) is 19.3. The van der Waals surface area contributed by atoms with Gasteiger partial charge in [-0.1, -0.05) is 47.1 Å². The van der Waals surface area contributed by atoms with Gasteiger partial charge in [-0.25, -0.2) is 9.59 Å². The van der Waals surface area contributed by atoms with Crippen LogP contribution in [0, 0.1) is 50.2 Å². The van der Waals surface area contributed by atoms with E-state index in [2.05, 4.69) is 27.7 Å². The van der Waals surface area contributed by atoms with Crippen LogP contribution in [0.1, 0.15) is 113 Å². The first kappa shape index (κ1) is 51.6. The second-order valence-electron chi connectivity index (χ2n) is 23.4. The zero-order chi connectivity index (χ0) is 50.2. The van der Waals surface area contributed by atoms with E-state index in [1.54, 1.807) is 0 Å². The highest BCUT2D eigenvalue weighted by Gasteiger charge is 2.71. The quantitative estimate of drug-likeness (QED) is 0.145. The van der Waals surface area contributed by atoms with E-state index in [9.17, 15) is 70.2 Å². The number of carboxylic acid groups (broad SMARTS) is 3. The molecule has 10 N–H and O–H groups in total. The minimum atomic E-state index is -2.17. The molecule has 20 nitrogen and oxygen atoms in total. The molecule has 0 aromatic heterocycles. The standard InChI is InChI=1S/C48H72O20/c1-19-25(50)26(51)31(56)39(63-19)67-35-30(55)28(53)33(38(59)60)66-41(35)68-34-29(54)27(52)32(37(57)58)65-40(34)64-24-10-11-46(6)23(43(24,2)3)9-12-48(8)36(46)22(49)17-20-21-18-45(5,42(61)62)14-13-44(21,4)15-16-47(20,48)7/h17,19,21,23-36,39-41,50-56H,9-16,18H2,1-8H3,(H,57,58)(H,59,60)(H,61,62)/t19-,21-,23-,24-,25-,26+,27-,28-,29-,30-,31+,32-,33-,34+,35+,36+,39-,40-,41-,44+,45-,46-,47+,48+/m0/s1. The molecule has 8 rings (SSSR count). The Kier molecular flexibility index (Phi) is 13.3. The monoisotopic (exact) mass is 968 g/mol. The van der Waals surface area contributed by atoms with Gasteiger partial charge in [0.05, 0.1) is 17.6 Å². The van der Waals surface area contributed by atoms with Crippen molar-refractivity contribution in [1.82, 2.24) is 0 Å². The maximum atomic E-state index is 15.0. The number of carbonyl (C=O) groups excluding carboxylic acids is 1. The molecular formula is C48H72O20. The van der Waals surface area contributed by atoms with Crippen molar-refractivity contribution in [1.29, 1.82) is 0 Å². The molecular weight excluding hydrogens is 897 g/mol. The second kappa shape index (κ2) is 17.5. The number of allylic oxidation sites excluding steroid dienone is 2. The number of ketones is 1. The fourth-order valence-electron chi connectivity index (χ4n) is 14.8. The lowest BCUT2D eigenvalue weighted by atomic mass is 9.33. The average Bonchev–Trinajstić information content (AvgIpc) is 3.25. The number of aliphatic hydroxyl groups is 7. The lowest BCUT2D eigenvalue weighted by molar-refractivity contribution is -0.392. The van der Waals surface area contributed by atoms with Crippen molar-refractivity contribution in [3.8, 4) is 0 Å². The lowest BCUT2D eigenvalue weighted by Gasteiger charge is -2.70. The van der Waals surface area contributed by atoms with Crippen molar-refractivity contribution in [2.75, 3.05) is 0 Å². The van der Waals surface area contributed by atoms with Crippen LogP contribution in [0.25, 0.3) is 0 Å². The molecule has 0 aromatic rings. The number of carboxylic acids is 3. The van der Waals surface area contributed by atoms with Crippen LogP contribution in [0.15, 0.2) is 11.6 Å². The van der Waals surface area contributed by atoms with Crippen LogP contribution in [0.5, 0.6) is 0 Å². The summed E-state index contributed by atoms with van der Waals surface area (Å²) in [7, 11) is 0. The fraction of sp³-hybridized carbons (Fsp3) is 0.875. The van der Waals surface area contributed by atoms with E-state index in [-0.39, 0.29) is 28.4 Å². The van der Waals surface area contributed by atoms with Gasteiger partial charge in [0, 0.05) is 5.92 Å². The summed E-state index contributed by atoms with van der Waals surface area (Å²) >= 11 is 0. The zero-order valence-corrected chi connectivity index (χ0v) is 40.0. The van der Waals surface area contributed by atoms with E-state index in [4.69, 9.17) is 28.4 Å². The van der Waals surface area contributed by atoms with Gasteiger partial charge in [-0.3, -0.25) is 9.59 Å². The van der Waals surface area contributed by atoms with Gasteiger partial charge in [0.1, 0.15) is 54.9 Å². The van der Waals surface area contributed by atoms with Crippen LogP contribution in [0.4, 0.5) is 0 Å². The molecule has 0 aromatic carbocycles. The molecule has 24 atom stereocenters. The molecule has 7 fully saturated rings. The van der Waals surface area contributed by atoms with Gasteiger partial charge < -0.3 is 79.5 Å². The summed E-state index contributed by atoms with van der Waals surface area (Å²) in [4.78, 5) is 52.3. The molecule has 8 aliphatic rings. The van der Waals surface area contributed by atoms with Gasteiger partial charge in [-0.15, -0.1) is 0 Å². The summed E-state index contributed by atoms with van der Waals surface area (Å²) in [5.41, 5.74) is -2.14. The number of hydrogen-bond donors (Lipinski definition) is 10. The van der Waals surface area contributed by atoms with Crippen molar-refractivity contribution in [3.63, 3.8) is 0 Å². The van der Waals surface area contributed by atoms with Gasteiger partial charge in [-0.2, -0.15) is 0 Å². The molecule has 0 bridgehead atoms. The zero-order valence-electron chi connectivity index (χ0n) is 40.0. The predicted octanol–water partition coefficient (Wildman–Crippen LogP) is 1.10. The highest BCUT2D eigenvalue weighted by molar-refractivity contribution is 5.95. The normalized spacial score (nSPS) is 53.4. The summed E-state index contributed by atoms with van der Waals surface area (Å²) in [6, 6.07) is 0. The van der Waals surface area contributed by atoms with Crippen LogP contribution in [0.2, 0.25) is 0 Å². The van der Waals surface area contributed by atoms with E-state index >= 15 is 0 Å². The summed E-state index contributed by atoms with van der Waals surface area (Å²) in [5.74, 6) is -4.79. The number of aliphatic carboxylic acids is 3. The Labute approximate surface area is 394 Å². The van der Waals surface area contributed by atoms with Gasteiger partial charge in [0.25, 0.3) is 0 Å². The lowest BCUT2D eigenvalue weighted by Crippen LogP contribution is -2.68. The number of hydrogen-bond acceptors (Lipinski definition) is 17. The van der Waals surface area contributed by atoms with Gasteiger partial charge in [-0.05, 0) is 117 Å². The van der Waals surface area contributed by atoms with E-state index in [1.165, 1.54) is 6.92 Å². The summed E-state index contributed by atoms with van der Waals surface area (Å²) in [5, 5.41) is 107. The Hall–Kier alpha value is -2.70. The topological polar surface area (TPSA) is 326 Å². The Morgan fingerprint density at radius 1 is 0.618 bits per heavy atom. The molecule has 3 aliphatic heterocycles. The number of carbonyl (C=O) groups is 4. The first-order valence-corrected chi connectivity index (χ1v) is 24.1. The van der Waals surface area contributed by atoms with Crippen molar-refractivity contribution in [2.45, 2.75) is 211 Å².